The number of nitrogens with zero attached hydrogens (tertiary/aromatic N) is 5. The average molecular weight is 516 g/mol. The molecule has 1 N–H and O–H groups in total. The first-order chi connectivity index (χ1) is 17.7. The minimum absolute atomic E-state index is 0.135. The van der Waals surface area contributed by atoms with Crippen LogP contribution in [0.3, 0.4) is 0 Å². The molecule has 1 aliphatic heterocycles. The molecule has 0 saturated carbocycles. The van der Waals surface area contributed by atoms with Crippen molar-refractivity contribution in [1.82, 2.24) is 20.0 Å². The maximum Gasteiger partial charge on any atom is 0.423 e. The summed E-state index contributed by atoms with van der Waals surface area (Å²) in [4.78, 5) is 6.98. The van der Waals surface area contributed by atoms with Gasteiger partial charge in [-0.1, -0.05) is 36.4 Å². The molecule has 37 heavy (non-hydrogen) atoms. The van der Waals surface area contributed by atoms with Gasteiger partial charge in [0.05, 0.1) is 31.5 Å². The van der Waals surface area contributed by atoms with Gasteiger partial charge in [-0.05, 0) is 47.4 Å². The summed E-state index contributed by atoms with van der Waals surface area (Å²) in [5.74, 6) is 0.430. The zero-order valence-electron chi connectivity index (χ0n) is 20.0. The normalized spacial score (nSPS) is 16.2. The summed E-state index contributed by atoms with van der Waals surface area (Å²) in [5.41, 5.74) is -0.459. The summed E-state index contributed by atoms with van der Waals surface area (Å²) in [6.45, 7) is 3.91. The molecule has 0 amide bonds. The van der Waals surface area contributed by atoms with Crippen molar-refractivity contribution >= 4 is 16.7 Å². The maximum absolute atomic E-state index is 13.6. The number of morpholine rings is 1. The second kappa shape index (κ2) is 9.71. The van der Waals surface area contributed by atoms with Crippen LogP contribution in [0.25, 0.3) is 22.0 Å². The molecule has 0 unspecified atom stereocenters. The lowest BCUT2D eigenvalue weighted by molar-refractivity contribution is -0.269. The zero-order chi connectivity index (χ0) is 26.2. The van der Waals surface area contributed by atoms with Crippen LogP contribution >= 0.6 is 0 Å². The fourth-order valence-electron chi connectivity index (χ4n) is 4.46. The van der Waals surface area contributed by atoms with Crippen LogP contribution in [0.1, 0.15) is 24.6 Å². The third kappa shape index (κ3) is 4.88. The lowest BCUT2D eigenvalue weighted by Gasteiger charge is -2.28. The highest BCUT2D eigenvalue weighted by Crippen LogP contribution is 2.40. The second-order valence-electron chi connectivity index (χ2n) is 9.00. The van der Waals surface area contributed by atoms with Gasteiger partial charge in [-0.3, -0.25) is 0 Å². The van der Waals surface area contributed by atoms with Gasteiger partial charge in [-0.2, -0.15) is 13.2 Å². The number of alkyl halides is 3. The first-order valence-electron chi connectivity index (χ1n) is 11.9. The van der Waals surface area contributed by atoms with Crippen LogP contribution in [0.4, 0.5) is 23.4 Å². The summed E-state index contributed by atoms with van der Waals surface area (Å²) < 4.78 is 60.6. The molecular weight excluding hydrogens is 490 g/mol. The Morgan fingerprint density at radius 1 is 1.03 bits per heavy atom. The van der Waals surface area contributed by atoms with Gasteiger partial charge in [0.15, 0.2) is 0 Å². The van der Waals surface area contributed by atoms with E-state index in [4.69, 9.17) is 9.72 Å². The van der Waals surface area contributed by atoms with Gasteiger partial charge in [-0.25, -0.2) is 14.1 Å². The van der Waals surface area contributed by atoms with E-state index in [-0.39, 0.29) is 12.4 Å². The first-order valence-corrected chi connectivity index (χ1v) is 11.9. The molecule has 3 heterocycles. The number of fused-ring (bicyclic) bond motifs is 1. The largest absolute Gasteiger partial charge is 0.423 e. The van der Waals surface area contributed by atoms with Gasteiger partial charge >= 0.3 is 6.18 Å². The van der Waals surface area contributed by atoms with E-state index in [1.54, 1.807) is 12.1 Å². The molecule has 0 spiro atoms. The molecule has 1 fully saturated rings. The number of hydrogen-bond acceptors (Lipinski definition) is 6. The molecule has 1 atom stereocenters. The lowest BCUT2D eigenvalue weighted by atomic mass is 9.96. The molecule has 1 aliphatic rings. The monoisotopic (exact) mass is 515 g/mol. The van der Waals surface area contributed by atoms with Gasteiger partial charge in [0.2, 0.25) is 5.60 Å². The van der Waals surface area contributed by atoms with Gasteiger partial charge in [0.25, 0.3) is 0 Å². The van der Waals surface area contributed by atoms with Crippen LogP contribution in [0.5, 0.6) is 0 Å². The highest BCUT2D eigenvalue weighted by molar-refractivity contribution is 5.96. The Kier molecular flexibility index (Phi) is 6.59. The summed E-state index contributed by atoms with van der Waals surface area (Å²) in [6.07, 6.45) is -4.34. The van der Waals surface area contributed by atoms with Gasteiger partial charge < -0.3 is 14.7 Å². The van der Waals surface area contributed by atoms with E-state index in [0.29, 0.717) is 31.8 Å². The van der Waals surface area contributed by atoms with Crippen molar-refractivity contribution in [3.05, 3.63) is 71.8 Å². The number of rotatable bonds is 6. The van der Waals surface area contributed by atoms with Crippen molar-refractivity contribution in [3.63, 3.8) is 0 Å². The molecule has 2 aromatic carbocycles. The van der Waals surface area contributed by atoms with Crippen LogP contribution in [-0.4, -0.2) is 57.6 Å². The molecular formula is C26H25F4N5O2. The predicted molar refractivity (Wildman–Crippen MR) is 130 cm³/mol. The Balaban J connectivity index is 1.52. The molecule has 2 aromatic heterocycles. The molecule has 5 rings (SSSR count). The Hall–Kier alpha value is -3.57. The fourth-order valence-corrected chi connectivity index (χ4v) is 4.46. The number of anilines is 1. The van der Waals surface area contributed by atoms with Crippen molar-refractivity contribution in [2.45, 2.75) is 31.7 Å². The van der Waals surface area contributed by atoms with E-state index >= 15 is 0 Å². The Morgan fingerprint density at radius 3 is 2.43 bits per heavy atom. The molecule has 194 valence electrons. The van der Waals surface area contributed by atoms with E-state index in [9.17, 15) is 22.7 Å². The number of ether oxygens (including phenoxy) is 1. The highest BCUT2D eigenvalue weighted by Gasteiger charge is 2.55. The molecule has 0 aliphatic carbocycles. The van der Waals surface area contributed by atoms with Crippen LogP contribution in [0.15, 0.2) is 54.7 Å². The Bertz CT molecular complexity index is 1400. The van der Waals surface area contributed by atoms with Crippen LogP contribution in [-0.2, 0) is 16.9 Å². The number of aromatic nitrogens is 4. The van der Waals surface area contributed by atoms with Crippen LogP contribution < -0.4 is 4.90 Å². The number of benzene rings is 2. The quantitative estimate of drug-likeness (QED) is 0.376. The molecule has 11 heteroatoms. The fraction of sp³-hybridized carbons (Fsp3) is 0.346. The highest BCUT2D eigenvalue weighted by atomic mass is 19.4. The van der Waals surface area contributed by atoms with Crippen molar-refractivity contribution in [2.75, 3.05) is 31.2 Å². The average Bonchev–Trinajstić information content (AvgIpc) is 3.36. The van der Waals surface area contributed by atoms with E-state index in [0.717, 1.165) is 34.1 Å². The third-order valence-electron chi connectivity index (χ3n) is 6.64. The molecule has 0 radical (unpaired) electrons. The molecule has 7 nitrogen and oxygen atoms in total. The minimum Gasteiger partial charge on any atom is -0.378 e. The number of halogens is 4. The van der Waals surface area contributed by atoms with Crippen molar-refractivity contribution in [2.24, 2.45) is 0 Å². The summed E-state index contributed by atoms with van der Waals surface area (Å²) >= 11 is 0. The zero-order valence-corrected chi connectivity index (χ0v) is 20.0. The number of pyridine rings is 1. The molecule has 0 bridgehead atoms. The van der Waals surface area contributed by atoms with Crippen LogP contribution in [0.2, 0.25) is 0 Å². The minimum atomic E-state index is -4.87. The maximum atomic E-state index is 13.6. The van der Waals surface area contributed by atoms with Crippen molar-refractivity contribution < 1.29 is 27.4 Å². The van der Waals surface area contributed by atoms with Crippen molar-refractivity contribution in [1.29, 1.82) is 0 Å². The Labute approximate surface area is 210 Å². The third-order valence-corrected chi connectivity index (χ3v) is 6.64. The second-order valence-corrected chi connectivity index (χ2v) is 9.00. The molecule has 4 aromatic rings. The van der Waals surface area contributed by atoms with E-state index in [2.05, 4.69) is 15.2 Å². The van der Waals surface area contributed by atoms with Gasteiger partial charge in [0.1, 0.15) is 17.3 Å². The molecule has 1 saturated heterocycles. The van der Waals surface area contributed by atoms with E-state index in [1.807, 2.05) is 24.3 Å². The smallest absolute Gasteiger partial charge is 0.378 e. The van der Waals surface area contributed by atoms with Crippen LogP contribution in [0, 0.1) is 5.82 Å². The van der Waals surface area contributed by atoms with E-state index < -0.39 is 23.9 Å². The van der Waals surface area contributed by atoms with Crippen molar-refractivity contribution in [3.8, 4) is 11.1 Å². The van der Waals surface area contributed by atoms with E-state index in [1.165, 1.54) is 23.7 Å². The van der Waals surface area contributed by atoms with Gasteiger partial charge in [0, 0.05) is 18.5 Å². The standard InChI is InChI=1S/C26H25F4N5O2/c1-2-25(36,26(28,29)30)23-16-35(33-32-23)15-17-3-8-20-21(18-4-6-19(27)7-5-18)14-24(31-22(20)13-17)34-9-11-37-12-10-34/h3-8,13-14,16,36H,2,9-12,15H2,1H3/t25-/m0/s1. The number of hydrogen-bond donors (Lipinski definition) is 1. The topological polar surface area (TPSA) is 76.3 Å². The predicted octanol–water partition coefficient (Wildman–Crippen LogP) is 4.68. The summed E-state index contributed by atoms with van der Waals surface area (Å²) in [6, 6.07) is 13.8. The lowest BCUT2D eigenvalue weighted by Crippen LogP contribution is -2.42. The summed E-state index contributed by atoms with van der Waals surface area (Å²) in [5, 5.41) is 18.4. The number of aliphatic hydroxyl groups is 1. The Morgan fingerprint density at radius 2 is 1.76 bits per heavy atom. The summed E-state index contributed by atoms with van der Waals surface area (Å²) in [7, 11) is 0. The SMILES string of the molecule is CC[C@](O)(c1cn(Cc2ccc3c(-c4ccc(F)cc4)cc(N4CCOCC4)nc3c2)nn1)C(F)(F)F. The first kappa shape index (κ1) is 25.1. The van der Waals surface area contributed by atoms with Gasteiger partial charge in [-0.15, -0.1) is 5.10 Å².